The monoisotopic (exact) mass is 581 g/mol. The molecule has 0 saturated heterocycles. The number of benzene rings is 2. The van der Waals surface area contributed by atoms with Gasteiger partial charge in [0.05, 0.1) is 12.1 Å². The number of ketones is 2. The summed E-state index contributed by atoms with van der Waals surface area (Å²) in [6.07, 6.45) is 2.42. The van der Waals surface area contributed by atoms with Gasteiger partial charge in [-0.3, -0.25) is 9.59 Å². The minimum atomic E-state index is -0.496. The number of halogens is 2. The zero-order chi connectivity index (χ0) is 29.0. The van der Waals surface area contributed by atoms with Gasteiger partial charge in [-0.1, -0.05) is 69.1 Å². The predicted molar refractivity (Wildman–Crippen MR) is 159 cm³/mol. The van der Waals surface area contributed by atoms with Gasteiger partial charge >= 0.3 is 0 Å². The Bertz CT molecular complexity index is 1400. The highest BCUT2D eigenvalue weighted by molar-refractivity contribution is 6.32. The fourth-order valence-corrected chi connectivity index (χ4v) is 7.04. The normalized spacial score (nSPS) is 20.4. The maximum atomic E-state index is 13.9. The lowest BCUT2D eigenvalue weighted by molar-refractivity contribution is -0.119. The van der Waals surface area contributed by atoms with Gasteiger partial charge in [0, 0.05) is 58.4 Å². The molecule has 0 bridgehead atoms. The van der Waals surface area contributed by atoms with Crippen LogP contribution in [0.2, 0.25) is 10.0 Å². The van der Waals surface area contributed by atoms with Gasteiger partial charge in [0.15, 0.2) is 23.1 Å². The summed E-state index contributed by atoms with van der Waals surface area (Å²) in [4.78, 5) is 30.0. The highest BCUT2D eigenvalue weighted by Gasteiger charge is 2.48. The van der Waals surface area contributed by atoms with Gasteiger partial charge < -0.3 is 14.4 Å². The molecule has 212 valence electrons. The Morgan fingerprint density at radius 1 is 0.875 bits per heavy atom. The third-order valence-electron chi connectivity index (χ3n) is 8.25. The molecule has 0 fully saturated rings. The van der Waals surface area contributed by atoms with Crippen molar-refractivity contribution in [3.05, 3.63) is 80.1 Å². The lowest BCUT2D eigenvalue weighted by Crippen LogP contribution is -2.44. The summed E-state index contributed by atoms with van der Waals surface area (Å²) in [5.74, 6) is 0.531. The number of rotatable bonds is 6. The zero-order valence-corrected chi connectivity index (χ0v) is 25.6. The SMILES string of the molecule is CCN1C2=C(C(=O)CC(C)(C)C2)C(c2cc(Cl)c(OCc3ccccc3Cl)c(OC)c2)C2=C1CC(C)(C)CC2=O. The minimum absolute atomic E-state index is 0.0908. The summed E-state index contributed by atoms with van der Waals surface area (Å²) < 4.78 is 11.9. The van der Waals surface area contributed by atoms with Gasteiger partial charge in [-0.15, -0.1) is 0 Å². The molecule has 5 nitrogen and oxygen atoms in total. The van der Waals surface area contributed by atoms with Crippen LogP contribution in [0.4, 0.5) is 0 Å². The van der Waals surface area contributed by atoms with Crippen LogP contribution in [0.3, 0.4) is 0 Å². The van der Waals surface area contributed by atoms with Gasteiger partial charge in [-0.05, 0) is 54.4 Å². The van der Waals surface area contributed by atoms with Crippen LogP contribution in [0, 0.1) is 10.8 Å². The van der Waals surface area contributed by atoms with E-state index >= 15 is 0 Å². The van der Waals surface area contributed by atoms with Crippen molar-refractivity contribution in [2.24, 2.45) is 10.8 Å². The van der Waals surface area contributed by atoms with Gasteiger partial charge in [0.25, 0.3) is 0 Å². The molecule has 0 aromatic heterocycles. The van der Waals surface area contributed by atoms with Crippen molar-refractivity contribution in [3.8, 4) is 11.5 Å². The van der Waals surface area contributed by atoms with Crippen LogP contribution in [0.25, 0.3) is 0 Å². The topological polar surface area (TPSA) is 55.8 Å². The predicted octanol–water partition coefficient (Wildman–Crippen LogP) is 8.29. The molecule has 1 heterocycles. The van der Waals surface area contributed by atoms with Crippen LogP contribution >= 0.6 is 23.2 Å². The number of Topliss-reactive ketones (excluding diaryl/α,β-unsaturated/α-hetero) is 2. The number of carbonyl (C=O) groups excluding carboxylic acids is 2. The van der Waals surface area contributed by atoms with Gasteiger partial charge in [0.1, 0.15) is 6.61 Å². The Balaban J connectivity index is 1.65. The molecule has 0 N–H and O–H groups in total. The highest BCUT2D eigenvalue weighted by Crippen LogP contribution is 2.55. The Labute approximate surface area is 247 Å². The van der Waals surface area contributed by atoms with E-state index < -0.39 is 5.92 Å². The van der Waals surface area contributed by atoms with Gasteiger partial charge in [-0.25, -0.2) is 0 Å². The molecule has 0 amide bonds. The minimum Gasteiger partial charge on any atom is -0.493 e. The highest BCUT2D eigenvalue weighted by atomic mass is 35.5. The molecule has 7 heteroatoms. The van der Waals surface area contributed by atoms with E-state index in [2.05, 4.69) is 39.5 Å². The third-order valence-corrected chi connectivity index (χ3v) is 8.90. The van der Waals surface area contributed by atoms with Crippen LogP contribution in [-0.2, 0) is 16.2 Å². The number of allylic oxidation sites excluding steroid dienone is 4. The standard InChI is InChI=1S/C33H37Cl2NO4/c1-7-36-23-14-32(2,3)16-25(37)29(23)28(30-24(36)15-33(4,5)17-26(30)38)20-12-22(35)31(27(13-20)39-6)40-18-19-10-8-9-11-21(19)34/h8-13,28H,7,14-18H2,1-6H3. The number of methoxy groups -OCH3 is 1. The lowest BCUT2D eigenvalue weighted by Gasteiger charge is -2.49. The van der Waals surface area contributed by atoms with Crippen molar-refractivity contribution in [2.75, 3.05) is 13.7 Å². The van der Waals surface area contributed by atoms with Crippen LogP contribution in [0.1, 0.15) is 77.3 Å². The Hall–Kier alpha value is -2.76. The molecule has 40 heavy (non-hydrogen) atoms. The fraction of sp³-hybridized carbons (Fsp3) is 0.455. The van der Waals surface area contributed by atoms with Crippen LogP contribution in [-0.4, -0.2) is 30.1 Å². The molecule has 2 aromatic rings. The summed E-state index contributed by atoms with van der Waals surface area (Å²) >= 11 is 13.2. The number of carbonyl (C=O) groups is 2. The Morgan fingerprint density at radius 3 is 1.98 bits per heavy atom. The average Bonchev–Trinajstić information content (AvgIpc) is 2.86. The first kappa shape index (κ1) is 28.8. The van der Waals surface area contributed by atoms with Crippen LogP contribution < -0.4 is 9.47 Å². The molecule has 0 spiro atoms. The van der Waals surface area contributed by atoms with Gasteiger partial charge in [-0.2, -0.15) is 0 Å². The summed E-state index contributed by atoms with van der Waals surface area (Å²) in [6, 6.07) is 11.2. The summed E-state index contributed by atoms with van der Waals surface area (Å²) in [5, 5.41) is 0.962. The van der Waals surface area contributed by atoms with Gasteiger partial charge in [0.2, 0.25) is 0 Å². The number of nitrogens with zero attached hydrogens (tertiary/aromatic N) is 1. The second kappa shape index (κ2) is 10.6. The average molecular weight is 583 g/mol. The zero-order valence-electron chi connectivity index (χ0n) is 24.1. The largest absolute Gasteiger partial charge is 0.493 e. The smallest absolute Gasteiger partial charge is 0.180 e. The number of ether oxygens (including phenoxy) is 2. The fourth-order valence-electron chi connectivity index (χ4n) is 6.57. The molecule has 3 aliphatic rings. The van der Waals surface area contributed by atoms with Crippen molar-refractivity contribution in [1.82, 2.24) is 4.90 Å². The summed E-state index contributed by atoms with van der Waals surface area (Å²) in [7, 11) is 1.56. The van der Waals surface area contributed by atoms with Crippen LogP contribution in [0.15, 0.2) is 58.9 Å². The maximum Gasteiger partial charge on any atom is 0.180 e. The van der Waals surface area contributed by atoms with E-state index in [0.29, 0.717) is 40.9 Å². The first-order valence-corrected chi connectivity index (χ1v) is 14.6. The van der Waals surface area contributed by atoms with E-state index in [9.17, 15) is 9.59 Å². The molecule has 2 aliphatic carbocycles. The maximum absolute atomic E-state index is 13.9. The summed E-state index contributed by atoms with van der Waals surface area (Å²) in [6.45, 7) is 11.6. The van der Waals surface area contributed by atoms with Crippen molar-refractivity contribution >= 4 is 34.8 Å². The van der Waals surface area contributed by atoms with Crippen molar-refractivity contribution in [1.29, 1.82) is 0 Å². The molecule has 5 rings (SSSR count). The van der Waals surface area contributed by atoms with E-state index in [1.165, 1.54) is 0 Å². The van der Waals surface area contributed by atoms with E-state index in [1.54, 1.807) is 7.11 Å². The molecule has 0 unspecified atom stereocenters. The first-order chi connectivity index (χ1) is 18.9. The summed E-state index contributed by atoms with van der Waals surface area (Å²) in [5.41, 5.74) is 4.78. The molecule has 0 radical (unpaired) electrons. The van der Waals surface area contributed by atoms with E-state index in [-0.39, 0.29) is 29.0 Å². The lowest BCUT2D eigenvalue weighted by atomic mass is 9.63. The Kier molecular flexibility index (Phi) is 7.60. The number of hydrogen-bond donors (Lipinski definition) is 0. The molecule has 0 saturated carbocycles. The molecular weight excluding hydrogens is 545 g/mol. The van der Waals surface area contributed by atoms with Crippen molar-refractivity contribution in [2.45, 2.75) is 72.8 Å². The van der Waals surface area contributed by atoms with Crippen LogP contribution in [0.5, 0.6) is 11.5 Å². The first-order valence-electron chi connectivity index (χ1n) is 13.9. The molecule has 2 aromatic carbocycles. The van der Waals surface area contributed by atoms with E-state index in [0.717, 1.165) is 46.5 Å². The second-order valence-corrected chi connectivity index (χ2v) is 13.5. The van der Waals surface area contributed by atoms with E-state index in [1.807, 2.05) is 36.4 Å². The van der Waals surface area contributed by atoms with Crippen molar-refractivity contribution in [3.63, 3.8) is 0 Å². The van der Waals surface area contributed by atoms with E-state index in [4.69, 9.17) is 32.7 Å². The molecule has 1 aliphatic heterocycles. The molecule has 0 atom stereocenters. The van der Waals surface area contributed by atoms with Crippen molar-refractivity contribution < 1.29 is 19.1 Å². The Morgan fingerprint density at radius 2 is 1.45 bits per heavy atom. The third kappa shape index (κ3) is 5.19. The quantitative estimate of drug-likeness (QED) is 0.343. The number of hydrogen-bond acceptors (Lipinski definition) is 5. The molecular formula is C33H37Cl2NO4. The second-order valence-electron chi connectivity index (χ2n) is 12.7.